The van der Waals surface area contributed by atoms with Gasteiger partial charge in [0.25, 0.3) is 15.9 Å². The van der Waals surface area contributed by atoms with Gasteiger partial charge in [0.2, 0.25) is 0 Å². The lowest BCUT2D eigenvalue weighted by Gasteiger charge is -2.13. The number of carbonyl (C=O) groups excluding carboxylic acids is 1. The molecule has 0 aliphatic heterocycles. The van der Waals surface area contributed by atoms with Gasteiger partial charge in [-0.25, -0.2) is 17.8 Å². The minimum absolute atomic E-state index is 0.104. The highest BCUT2D eigenvalue weighted by atomic mass is 32.2. The Morgan fingerprint density at radius 2 is 1.67 bits per heavy atom. The Morgan fingerprint density at radius 1 is 0.963 bits per heavy atom. The summed E-state index contributed by atoms with van der Waals surface area (Å²) < 4.78 is 40.4. The molecular weight excluding hydrogens is 369 g/mol. The number of para-hydroxylation sites is 1. The Balaban J connectivity index is 1.87. The maximum Gasteiger partial charge on any atom is 0.261 e. The largest absolute Gasteiger partial charge is 0.306 e. The minimum Gasteiger partial charge on any atom is -0.306 e. The first-order valence-electron chi connectivity index (χ1n) is 7.97. The van der Waals surface area contributed by atoms with Gasteiger partial charge in [0, 0.05) is 5.69 Å². The molecule has 0 radical (unpaired) electrons. The molecule has 0 aliphatic carbocycles. The van der Waals surface area contributed by atoms with Crippen LogP contribution in [0.15, 0.2) is 71.6 Å². The van der Waals surface area contributed by atoms with E-state index in [0.717, 1.165) is 30.0 Å². The van der Waals surface area contributed by atoms with Crippen molar-refractivity contribution < 1.29 is 17.6 Å². The van der Waals surface area contributed by atoms with Crippen LogP contribution in [0.25, 0.3) is 0 Å². The van der Waals surface area contributed by atoms with Gasteiger partial charge in [-0.3, -0.25) is 9.52 Å². The molecule has 3 rings (SSSR count). The molecule has 6 nitrogen and oxygen atoms in total. The summed E-state index contributed by atoms with van der Waals surface area (Å²) in [5, 5.41) is 2.64. The molecule has 0 atom stereocenters. The van der Waals surface area contributed by atoms with E-state index in [2.05, 4.69) is 15.0 Å². The van der Waals surface area contributed by atoms with E-state index in [9.17, 15) is 17.6 Å². The number of anilines is 2. The van der Waals surface area contributed by atoms with Crippen molar-refractivity contribution in [2.45, 2.75) is 11.8 Å². The van der Waals surface area contributed by atoms with E-state index >= 15 is 0 Å². The first-order valence-corrected chi connectivity index (χ1v) is 9.46. The number of pyridine rings is 1. The third-order valence-electron chi connectivity index (χ3n) is 3.67. The molecule has 1 amide bonds. The zero-order chi connectivity index (χ0) is 19.4. The number of aromatic nitrogens is 1. The van der Waals surface area contributed by atoms with Crippen LogP contribution >= 0.6 is 0 Å². The zero-order valence-corrected chi connectivity index (χ0v) is 15.1. The van der Waals surface area contributed by atoms with Gasteiger partial charge in [-0.05, 0) is 55.5 Å². The Morgan fingerprint density at radius 3 is 2.37 bits per heavy atom. The Labute approximate surface area is 156 Å². The summed E-state index contributed by atoms with van der Waals surface area (Å²) >= 11 is 0. The number of amides is 1. The van der Waals surface area contributed by atoms with Gasteiger partial charge in [-0.2, -0.15) is 0 Å². The monoisotopic (exact) mass is 385 g/mol. The number of nitrogens with one attached hydrogen (secondary N) is 2. The molecule has 0 unspecified atom stereocenters. The molecule has 1 aromatic heterocycles. The number of benzene rings is 2. The number of hydrogen-bond acceptors (Lipinski definition) is 4. The summed E-state index contributed by atoms with van der Waals surface area (Å²) in [6, 6.07) is 15.8. The Hall–Kier alpha value is -3.26. The second-order valence-electron chi connectivity index (χ2n) is 5.72. The maximum atomic E-state index is 13.0. The van der Waals surface area contributed by atoms with Gasteiger partial charge < -0.3 is 5.32 Å². The first-order chi connectivity index (χ1) is 12.8. The van der Waals surface area contributed by atoms with Crippen molar-refractivity contribution in [2.24, 2.45) is 0 Å². The molecule has 2 N–H and O–H groups in total. The molecule has 0 saturated heterocycles. The molecule has 27 heavy (non-hydrogen) atoms. The average Bonchev–Trinajstić information content (AvgIpc) is 2.62. The Bertz CT molecular complexity index is 1080. The van der Waals surface area contributed by atoms with Crippen molar-refractivity contribution >= 4 is 27.4 Å². The smallest absolute Gasteiger partial charge is 0.261 e. The van der Waals surface area contributed by atoms with E-state index < -0.39 is 21.7 Å². The van der Waals surface area contributed by atoms with E-state index in [0.29, 0.717) is 5.82 Å². The highest BCUT2D eigenvalue weighted by molar-refractivity contribution is 7.92. The molecule has 0 spiro atoms. The Kier molecular flexibility index (Phi) is 5.18. The van der Waals surface area contributed by atoms with E-state index in [1.807, 2.05) is 0 Å². The molecule has 3 aromatic rings. The lowest BCUT2D eigenvalue weighted by molar-refractivity contribution is 0.102. The number of sulfonamides is 1. The van der Waals surface area contributed by atoms with Crippen LogP contribution in [0, 0.1) is 12.7 Å². The lowest BCUT2D eigenvalue weighted by Crippen LogP contribution is -2.19. The molecule has 2 aromatic carbocycles. The van der Waals surface area contributed by atoms with Crippen molar-refractivity contribution in [1.82, 2.24) is 4.98 Å². The summed E-state index contributed by atoms with van der Waals surface area (Å²) in [5.41, 5.74) is 0.969. The quantitative estimate of drug-likeness (QED) is 0.703. The fourth-order valence-electron chi connectivity index (χ4n) is 2.38. The molecular formula is C19H16FN3O3S. The summed E-state index contributed by atoms with van der Waals surface area (Å²) in [4.78, 5) is 16.7. The fourth-order valence-corrected chi connectivity index (χ4v) is 3.46. The molecule has 0 fully saturated rings. The van der Waals surface area contributed by atoms with Crippen molar-refractivity contribution in [2.75, 3.05) is 10.0 Å². The standard InChI is InChI=1S/C19H16FN3O3S/c1-13-5-4-8-18(21-13)22-19(24)16-6-2-3-7-17(16)23-27(25,26)15-11-9-14(20)10-12-15/h2-12,23H,1H3,(H,21,22,24). The minimum atomic E-state index is -3.98. The number of aryl methyl sites for hydroxylation is 1. The van der Waals surface area contributed by atoms with Gasteiger partial charge >= 0.3 is 0 Å². The number of halogens is 1. The van der Waals surface area contributed by atoms with Gasteiger partial charge in [-0.15, -0.1) is 0 Å². The van der Waals surface area contributed by atoms with Crippen LogP contribution in [0.4, 0.5) is 15.9 Å². The van der Waals surface area contributed by atoms with Gasteiger partial charge in [0.15, 0.2) is 0 Å². The molecule has 1 heterocycles. The highest BCUT2D eigenvalue weighted by Crippen LogP contribution is 2.21. The molecule has 0 aliphatic rings. The number of nitrogens with zero attached hydrogens (tertiary/aromatic N) is 1. The highest BCUT2D eigenvalue weighted by Gasteiger charge is 2.19. The molecule has 0 saturated carbocycles. The third kappa shape index (κ3) is 4.48. The topological polar surface area (TPSA) is 88.2 Å². The fraction of sp³-hybridized carbons (Fsp3) is 0.0526. The second-order valence-corrected chi connectivity index (χ2v) is 7.41. The van der Waals surface area contributed by atoms with Crippen LogP contribution in [0.1, 0.15) is 16.1 Å². The predicted octanol–water partition coefficient (Wildman–Crippen LogP) is 3.58. The maximum absolute atomic E-state index is 13.0. The second kappa shape index (κ2) is 7.55. The van der Waals surface area contributed by atoms with Crippen molar-refractivity contribution in [3.8, 4) is 0 Å². The van der Waals surface area contributed by atoms with Gasteiger partial charge in [-0.1, -0.05) is 18.2 Å². The average molecular weight is 385 g/mol. The summed E-state index contributed by atoms with van der Waals surface area (Å²) in [5.74, 6) is -0.693. The summed E-state index contributed by atoms with van der Waals surface area (Å²) in [7, 11) is -3.98. The van der Waals surface area contributed by atoms with Crippen molar-refractivity contribution in [3.05, 3.63) is 83.8 Å². The van der Waals surface area contributed by atoms with Crippen LogP contribution in [0.3, 0.4) is 0 Å². The third-order valence-corrected chi connectivity index (χ3v) is 5.05. The number of hydrogen-bond donors (Lipinski definition) is 2. The zero-order valence-electron chi connectivity index (χ0n) is 14.3. The van der Waals surface area contributed by atoms with Crippen molar-refractivity contribution in [3.63, 3.8) is 0 Å². The van der Waals surface area contributed by atoms with Crippen LogP contribution in [0.2, 0.25) is 0 Å². The summed E-state index contributed by atoms with van der Waals surface area (Å²) in [6.07, 6.45) is 0. The van der Waals surface area contributed by atoms with Crippen LogP contribution in [-0.4, -0.2) is 19.3 Å². The normalized spacial score (nSPS) is 11.0. The van der Waals surface area contributed by atoms with Crippen molar-refractivity contribution in [1.29, 1.82) is 0 Å². The number of carbonyl (C=O) groups is 1. The van der Waals surface area contributed by atoms with Crippen LogP contribution in [0.5, 0.6) is 0 Å². The van der Waals surface area contributed by atoms with Crippen LogP contribution in [-0.2, 0) is 10.0 Å². The molecule has 138 valence electrons. The first kappa shape index (κ1) is 18.5. The predicted molar refractivity (Wildman–Crippen MR) is 101 cm³/mol. The lowest BCUT2D eigenvalue weighted by atomic mass is 10.1. The molecule has 8 heteroatoms. The van der Waals surface area contributed by atoms with Gasteiger partial charge in [0.05, 0.1) is 16.1 Å². The van der Waals surface area contributed by atoms with E-state index in [4.69, 9.17) is 0 Å². The summed E-state index contributed by atoms with van der Waals surface area (Å²) in [6.45, 7) is 1.79. The van der Waals surface area contributed by atoms with E-state index in [1.165, 1.54) is 12.1 Å². The van der Waals surface area contributed by atoms with E-state index in [-0.39, 0.29) is 16.1 Å². The van der Waals surface area contributed by atoms with Gasteiger partial charge in [0.1, 0.15) is 11.6 Å². The number of rotatable bonds is 5. The van der Waals surface area contributed by atoms with Crippen LogP contribution < -0.4 is 10.0 Å². The SMILES string of the molecule is Cc1cccc(NC(=O)c2ccccc2NS(=O)(=O)c2ccc(F)cc2)n1. The molecule has 0 bridgehead atoms. The van der Waals surface area contributed by atoms with E-state index in [1.54, 1.807) is 37.3 Å².